The molecular weight excluding hydrogens is 278 g/mol. The Morgan fingerprint density at radius 2 is 1.95 bits per heavy atom. The topological polar surface area (TPSA) is 38.8 Å². The van der Waals surface area contributed by atoms with Crippen molar-refractivity contribution < 1.29 is 14.3 Å². The van der Waals surface area contributed by atoms with E-state index in [1.807, 2.05) is 37.9 Å². The van der Waals surface area contributed by atoms with Crippen molar-refractivity contribution >= 4 is 17.6 Å². The van der Waals surface area contributed by atoms with Crippen LogP contribution in [0.25, 0.3) is 0 Å². The number of nitrogens with zero attached hydrogens (tertiary/aromatic N) is 1. The molecule has 1 aromatic rings. The minimum Gasteiger partial charge on any atom is -0.494 e. The maximum atomic E-state index is 11.4. The lowest BCUT2D eigenvalue weighted by atomic mass is 10.3. The molecule has 0 bridgehead atoms. The van der Waals surface area contributed by atoms with Crippen LogP contribution in [0.2, 0.25) is 5.02 Å². The number of carbonyl (C=O) groups is 1. The number of benzene rings is 1. The SMILES string of the molecule is CC(C)OC(=O)CN(C)CCCOc1ccc(Cl)cc1. The van der Waals surface area contributed by atoms with Gasteiger partial charge in [-0.1, -0.05) is 11.6 Å². The van der Waals surface area contributed by atoms with Gasteiger partial charge in [0.25, 0.3) is 0 Å². The van der Waals surface area contributed by atoms with Crippen LogP contribution < -0.4 is 4.74 Å². The predicted octanol–water partition coefficient (Wildman–Crippen LogP) is 2.99. The third-order valence-electron chi connectivity index (χ3n) is 2.53. The molecule has 0 aliphatic heterocycles. The van der Waals surface area contributed by atoms with Gasteiger partial charge in [-0.05, 0) is 51.6 Å². The summed E-state index contributed by atoms with van der Waals surface area (Å²) in [5, 5.41) is 0.695. The molecule has 0 spiro atoms. The minimum atomic E-state index is -0.193. The molecule has 0 aliphatic carbocycles. The molecule has 0 unspecified atom stereocenters. The van der Waals surface area contributed by atoms with E-state index in [4.69, 9.17) is 21.1 Å². The van der Waals surface area contributed by atoms with Crippen molar-refractivity contribution in [3.05, 3.63) is 29.3 Å². The second-order valence-corrected chi connectivity index (χ2v) is 5.37. The number of rotatable bonds is 8. The van der Waals surface area contributed by atoms with E-state index in [9.17, 15) is 4.79 Å². The van der Waals surface area contributed by atoms with E-state index in [1.54, 1.807) is 12.1 Å². The van der Waals surface area contributed by atoms with Gasteiger partial charge in [0.1, 0.15) is 5.75 Å². The van der Waals surface area contributed by atoms with Gasteiger partial charge in [0.05, 0.1) is 19.3 Å². The van der Waals surface area contributed by atoms with Gasteiger partial charge < -0.3 is 9.47 Å². The van der Waals surface area contributed by atoms with Gasteiger partial charge in [-0.3, -0.25) is 9.69 Å². The number of halogens is 1. The molecule has 0 heterocycles. The van der Waals surface area contributed by atoms with E-state index in [-0.39, 0.29) is 12.1 Å². The maximum Gasteiger partial charge on any atom is 0.320 e. The largest absolute Gasteiger partial charge is 0.494 e. The Kier molecular flexibility index (Phi) is 7.41. The minimum absolute atomic E-state index is 0.0656. The average molecular weight is 300 g/mol. The summed E-state index contributed by atoms with van der Waals surface area (Å²) in [6, 6.07) is 7.27. The number of carbonyl (C=O) groups excluding carboxylic acids is 1. The lowest BCUT2D eigenvalue weighted by Crippen LogP contribution is -2.30. The number of hydrogen-bond acceptors (Lipinski definition) is 4. The Hall–Kier alpha value is -1.26. The summed E-state index contributed by atoms with van der Waals surface area (Å²) in [7, 11) is 1.89. The first-order valence-corrected chi connectivity index (χ1v) is 7.11. The zero-order valence-corrected chi connectivity index (χ0v) is 13.0. The number of likely N-dealkylation sites (N-methyl/N-ethyl adjacent to an activating group) is 1. The summed E-state index contributed by atoms with van der Waals surface area (Å²) in [6.07, 6.45) is 0.776. The fraction of sp³-hybridized carbons (Fsp3) is 0.533. The van der Waals surface area contributed by atoms with Crippen molar-refractivity contribution in [1.29, 1.82) is 0 Å². The Morgan fingerprint density at radius 3 is 2.55 bits per heavy atom. The van der Waals surface area contributed by atoms with Crippen molar-refractivity contribution in [2.24, 2.45) is 0 Å². The van der Waals surface area contributed by atoms with Crippen molar-refractivity contribution in [3.8, 4) is 5.75 Å². The standard InChI is InChI=1S/C15H22ClNO3/c1-12(2)20-15(18)11-17(3)9-4-10-19-14-7-5-13(16)6-8-14/h5-8,12H,4,9-11H2,1-3H3. The smallest absolute Gasteiger partial charge is 0.320 e. The van der Waals surface area contributed by atoms with Crippen LogP contribution in [0.4, 0.5) is 0 Å². The van der Waals surface area contributed by atoms with Crippen molar-refractivity contribution in [2.45, 2.75) is 26.4 Å². The lowest BCUT2D eigenvalue weighted by molar-refractivity contribution is -0.148. The van der Waals surface area contributed by atoms with Crippen LogP contribution in [0.1, 0.15) is 20.3 Å². The highest BCUT2D eigenvalue weighted by Gasteiger charge is 2.09. The van der Waals surface area contributed by atoms with E-state index in [1.165, 1.54) is 0 Å². The zero-order chi connectivity index (χ0) is 15.0. The summed E-state index contributed by atoms with van der Waals surface area (Å²) < 4.78 is 10.7. The summed E-state index contributed by atoms with van der Waals surface area (Å²) in [4.78, 5) is 13.4. The van der Waals surface area contributed by atoms with Crippen LogP contribution in [0, 0.1) is 0 Å². The van der Waals surface area contributed by atoms with Gasteiger partial charge in [-0.15, -0.1) is 0 Å². The first kappa shape index (κ1) is 16.8. The van der Waals surface area contributed by atoms with Crippen LogP contribution in [-0.4, -0.2) is 43.7 Å². The summed E-state index contributed by atoms with van der Waals surface area (Å²) in [5.41, 5.74) is 0. The Bertz CT molecular complexity index is 406. The molecule has 0 aromatic heterocycles. The van der Waals surface area contributed by atoms with E-state index < -0.39 is 0 Å². The molecule has 112 valence electrons. The number of esters is 1. The fourth-order valence-electron chi connectivity index (χ4n) is 1.65. The third-order valence-corrected chi connectivity index (χ3v) is 2.78. The van der Waals surface area contributed by atoms with Crippen molar-refractivity contribution in [1.82, 2.24) is 4.90 Å². The van der Waals surface area contributed by atoms with Crippen LogP contribution in [0.5, 0.6) is 5.75 Å². The molecule has 1 aromatic carbocycles. The monoisotopic (exact) mass is 299 g/mol. The molecule has 5 heteroatoms. The summed E-state index contributed by atoms with van der Waals surface area (Å²) >= 11 is 5.79. The fourth-order valence-corrected chi connectivity index (χ4v) is 1.78. The van der Waals surface area contributed by atoms with E-state index in [2.05, 4.69) is 0 Å². The van der Waals surface area contributed by atoms with E-state index >= 15 is 0 Å². The molecule has 0 aliphatic rings. The highest BCUT2D eigenvalue weighted by molar-refractivity contribution is 6.30. The highest BCUT2D eigenvalue weighted by atomic mass is 35.5. The molecule has 1 rings (SSSR count). The quantitative estimate of drug-likeness (QED) is 0.546. The molecule has 0 atom stereocenters. The lowest BCUT2D eigenvalue weighted by Gasteiger charge is -2.17. The molecular formula is C15H22ClNO3. The van der Waals surface area contributed by atoms with Crippen molar-refractivity contribution in [2.75, 3.05) is 26.7 Å². The Balaban J connectivity index is 2.14. The van der Waals surface area contributed by atoms with E-state index in [0.717, 1.165) is 18.7 Å². The maximum absolute atomic E-state index is 11.4. The van der Waals surface area contributed by atoms with Gasteiger partial charge in [0, 0.05) is 11.6 Å². The molecule has 0 saturated heterocycles. The van der Waals surface area contributed by atoms with Gasteiger partial charge in [0.2, 0.25) is 0 Å². The summed E-state index contributed by atoms with van der Waals surface area (Å²) in [5.74, 6) is 0.609. The normalized spacial score (nSPS) is 10.9. The van der Waals surface area contributed by atoms with Gasteiger partial charge in [-0.2, -0.15) is 0 Å². The first-order valence-electron chi connectivity index (χ1n) is 6.74. The molecule has 0 saturated carbocycles. The van der Waals surface area contributed by atoms with Crippen LogP contribution in [-0.2, 0) is 9.53 Å². The van der Waals surface area contributed by atoms with Crippen molar-refractivity contribution in [3.63, 3.8) is 0 Å². The van der Waals surface area contributed by atoms with Gasteiger partial charge in [0.15, 0.2) is 0 Å². The molecule has 0 radical (unpaired) electrons. The van der Waals surface area contributed by atoms with Crippen LogP contribution >= 0.6 is 11.6 Å². The number of ether oxygens (including phenoxy) is 2. The average Bonchev–Trinajstić information content (AvgIpc) is 2.35. The van der Waals surface area contributed by atoms with Gasteiger partial charge >= 0.3 is 5.97 Å². The molecule has 0 amide bonds. The highest BCUT2D eigenvalue weighted by Crippen LogP contribution is 2.15. The zero-order valence-electron chi connectivity index (χ0n) is 12.3. The Labute approximate surface area is 125 Å². The second-order valence-electron chi connectivity index (χ2n) is 4.93. The van der Waals surface area contributed by atoms with Crippen LogP contribution in [0.15, 0.2) is 24.3 Å². The molecule has 4 nitrogen and oxygen atoms in total. The molecule has 0 N–H and O–H groups in total. The van der Waals surface area contributed by atoms with Crippen LogP contribution in [0.3, 0.4) is 0 Å². The van der Waals surface area contributed by atoms with Gasteiger partial charge in [-0.25, -0.2) is 0 Å². The molecule has 20 heavy (non-hydrogen) atoms. The predicted molar refractivity (Wildman–Crippen MR) is 80.3 cm³/mol. The third kappa shape index (κ3) is 7.36. The number of hydrogen-bond donors (Lipinski definition) is 0. The first-order chi connectivity index (χ1) is 9.47. The Morgan fingerprint density at radius 1 is 1.30 bits per heavy atom. The summed E-state index contributed by atoms with van der Waals surface area (Å²) in [6.45, 7) is 5.38. The van der Waals surface area contributed by atoms with E-state index in [0.29, 0.717) is 18.2 Å². The molecule has 0 fully saturated rings. The second kappa shape index (κ2) is 8.82.